The van der Waals surface area contributed by atoms with Crippen LogP contribution in [0.15, 0.2) is 170 Å². The number of rotatable bonds is 8. The third kappa shape index (κ3) is 5.68. The molecule has 0 saturated carbocycles. The van der Waals surface area contributed by atoms with Crippen molar-refractivity contribution in [1.82, 2.24) is 4.57 Å². The number of nitrogens with zero attached hydrogens (tertiary/aromatic N) is 2. The van der Waals surface area contributed by atoms with E-state index in [1.807, 2.05) is 42.5 Å². The fourth-order valence-electron chi connectivity index (χ4n) is 6.97. The number of nitrogens with one attached hydrogen (secondary N) is 2. The van der Waals surface area contributed by atoms with Crippen molar-refractivity contribution in [3.63, 3.8) is 0 Å². The molecule has 2 N–H and O–H groups in total. The van der Waals surface area contributed by atoms with Gasteiger partial charge >= 0.3 is 0 Å². The van der Waals surface area contributed by atoms with Crippen LogP contribution in [0, 0.1) is 10.8 Å². The molecular formula is C45H36N4. The summed E-state index contributed by atoms with van der Waals surface area (Å²) >= 11 is 0. The maximum Gasteiger partial charge on any atom is 0.0541 e. The first kappa shape index (κ1) is 30.1. The summed E-state index contributed by atoms with van der Waals surface area (Å²) in [7, 11) is 0. The molecule has 2 heterocycles. The van der Waals surface area contributed by atoms with Gasteiger partial charge in [-0.1, -0.05) is 109 Å². The molecule has 0 aliphatic carbocycles. The van der Waals surface area contributed by atoms with Crippen LogP contribution in [0.4, 0.5) is 11.4 Å². The van der Waals surface area contributed by atoms with E-state index < -0.39 is 0 Å². The molecule has 0 saturated heterocycles. The van der Waals surface area contributed by atoms with Crippen molar-refractivity contribution >= 4 is 50.2 Å². The molecule has 0 spiro atoms. The van der Waals surface area contributed by atoms with Crippen LogP contribution < -0.4 is 4.90 Å². The summed E-state index contributed by atoms with van der Waals surface area (Å²) in [5, 5.41) is 19.6. The average Bonchev–Trinajstić information content (AvgIpc) is 3.70. The van der Waals surface area contributed by atoms with Gasteiger partial charge in [-0.15, -0.1) is 0 Å². The summed E-state index contributed by atoms with van der Waals surface area (Å²) in [6.07, 6.45) is 5.72. The largest absolute Gasteiger partial charge is 0.314 e. The van der Waals surface area contributed by atoms with Crippen LogP contribution >= 0.6 is 0 Å². The predicted octanol–water partition coefficient (Wildman–Crippen LogP) is 11.3. The van der Waals surface area contributed by atoms with Crippen molar-refractivity contribution < 1.29 is 0 Å². The molecular weight excluding hydrogens is 597 g/mol. The van der Waals surface area contributed by atoms with Crippen molar-refractivity contribution in [3.05, 3.63) is 192 Å². The number of para-hydroxylation sites is 3. The van der Waals surface area contributed by atoms with Crippen molar-refractivity contribution in [2.75, 3.05) is 4.90 Å². The number of hydrogen-bond donors (Lipinski definition) is 2. The fraction of sp³-hybridized carbons (Fsp3) is 0.0667. The fourth-order valence-corrected chi connectivity index (χ4v) is 6.97. The molecule has 0 unspecified atom stereocenters. The van der Waals surface area contributed by atoms with Gasteiger partial charge in [0, 0.05) is 57.8 Å². The Morgan fingerprint density at radius 3 is 1.98 bits per heavy atom. The second-order valence-corrected chi connectivity index (χ2v) is 12.6. The van der Waals surface area contributed by atoms with Crippen LogP contribution in [0.25, 0.3) is 33.1 Å². The lowest BCUT2D eigenvalue weighted by molar-refractivity contribution is 1.15. The predicted molar refractivity (Wildman–Crippen MR) is 206 cm³/mol. The van der Waals surface area contributed by atoms with Crippen LogP contribution in [0.3, 0.4) is 0 Å². The normalized spacial score (nSPS) is 13.7. The van der Waals surface area contributed by atoms with Crippen LogP contribution in [0.1, 0.15) is 35.6 Å². The van der Waals surface area contributed by atoms with Gasteiger partial charge < -0.3 is 20.3 Å². The zero-order valence-electron chi connectivity index (χ0n) is 27.4. The van der Waals surface area contributed by atoms with E-state index in [0.29, 0.717) is 17.8 Å². The highest BCUT2D eigenvalue weighted by molar-refractivity contribution is 6.15. The first-order chi connectivity index (χ1) is 24.0. The Labute approximate surface area is 286 Å². The first-order valence-corrected chi connectivity index (χ1v) is 16.7. The smallest absolute Gasteiger partial charge is 0.0541 e. The third-order valence-corrected chi connectivity index (χ3v) is 9.51. The standard InChI is InChI=1S/C45H36N4/c1-31(20-24-38-28-35-14-8-10-18-43(35)48(38)36-15-6-3-7-16-36)34-23-27-45-40(29-34)39-17-9-11-19-44(39)49(45)37-25-21-33(22-26-37)42(47)30-41(46)32-12-4-2-5-13-32/h2-27,29,46-47H,28,30H2,1H3. The monoisotopic (exact) mass is 632 g/mol. The van der Waals surface area contributed by atoms with Crippen molar-refractivity contribution in [2.24, 2.45) is 0 Å². The molecule has 0 fully saturated rings. The molecule has 236 valence electrons. The van der Waals surface area contributed by atoms with Crippen LogP contribution in [0.5, 0.6) is 0 Å². The summed E-state index contributed by atoms with van der Waals surface area (Å²) in [6, 6.07) is 52.5. The Kier molecular flexibility index (Phi) is 7.83. The second kappa shape index (κ2) is 12.7. The zero-order chi connectivity index (χ0) is 33.3. The number of anilines is 2. The lowest BCUT2D eigenvalue weighted by Gasteiger charge is -2.21. The van der Waals surface area contributed by atoms with Crippen molar-refractivity contribution in [3.8, 4) is 5.69 Å². The van der Waals surface area contributed by atoms with Gasteiger partial charge in [-0.05, 0) is 89.4 Å². The summed E-state index contributed by atoms with van der Waals surface area (Å²) in [5.74, 6) is 0. The number of aromatic nitrogens is 1. The molecule has 7 aromatic rings. The molecule has 4 nitrogen and oxygen atoms in total. The van der Waals surface area contributed by atoms with E-state index in [9.17, 15) is 0 Å². The summed E-state index contributed by atoms with van der Waals surface area (Å²) in [5.41, 5.74) is 13.4. The summed E-state index contributed by atoms with van der Waals surface area (Å²) in [6.45, 7) is 2.19. The number of benzene rings is 6. The van der Waals surface area contributed by atoms with Gasteiger partial charge in [0.25, 0.3) is 0 Å². The maximum atomic E-state index is 8.70. The molecule has 1 aliphatic rings. The number of fused-ring (bicyclic) bond motifs is 4. The van der Waals surface area contributed by atoms with Gasteiger partial charge in [-0.25, -0.2) is 0 Å². The number of allylic oxidation sites excluding steroid dienone is 4. The van der Waals surface area contributed by atoms with Gasteiger partial charge in [0.1, 0.15) is 0 Å². The molecule has 8 rings (SSSR count). The molecule has 0 radical (unpaired) electrons. The van der Waals surface area contributed by atoms with E-state index in [4.69, 9.17) is 10.8 Å². The molecule has 0 bridgehead atoms. The minimum absolute atomic E-state index is 0.294. The highest BCUT2D eigenvalue weighted by Gasteiger charge is 2.24. The Bertz CT molecular complexity index is 2410. The molecule has 4 heteroatoms. The minimum Gasteiger partial charge on any atom is -0.314 e. The maximum absolute atomic E-state index is 8.70. The van der Waals surface area contributed by atoms with Gasteiger partial charge in [0.15, 0.2) is 0 Å². The van der Waals surface area contributed by atoms with Gasteiger partial charge in [-0.3, -0.25) is 0 Å². The molecule has 1 aromatic heterocycles. The Morgan fingerprint density at radius 2 is 1.20 bits per heavy atom. The highest BCUT2D eigenvalue weighted by Crippen LogP contribution is 2.40. The molecule has 1 aliphatic heterocycles. The second-order valence-electron chi connectivity index (χ2n) is 12.6. The Morgan fingerprint density at radius 1 is 0.592 bits per heavy atom. The summed E-state index contributed by atoms with van der Waals surface area (Å²) in [4.78, 5) is 2.37. The first-order valence-electron chi connectivity index (χ1n) is 16.7. The summed E-state index contributed by atoms with van der Waals surface area (Å²) < 4.78 is 2.31. The highest BCUT2D eigenvalue weighted by atomic mass is 15.2. The molecule has 6 aromatic carbocycles. The van der Waals surface area contributed by atoms with Gasteiger partial charge in [-0.2, -0.15) is 0 Å². The number of hydrogen-bond acceptors (Lipinski definition) is 3. The average molecular weight is 633 g/mol. The Balaban J connectivity index is 1.11. The van der Waals surface area contributed by atoms with Gasteiger partial charge in [0.2, 0.25) is 0 Å². The van der Waals surface area contributed by atoms with Crippen LogP contribution in [-0.2, 0) is 6.42 Å². The molecule has 0 amide bonds. The van der Waals surface area contributed by atoms with E-state index >= 15 is 0 Å². The van der Waals surface area contributed by atoms with Crippen molar-refractivity contribution in [2.45, 2.75) is 19.8 Å². The van der Waals surface area contributed by atoms with Crippen LogP contribution in [-0.4, -0.2) is 16.0 Å². The van der Waals surface area contributed by atoms with E-state index in [1.54, 1.807) is 0 Å². The topological polar surface area (TPSA) is 55.9 Å². The van der Waals surface area contributed by atoms with Crippen LogP contribution in [0.2, 0.25) is 0 Å². The quantitative estimate of drug-likeness (QED) is 0.161. The zero-order valence-corrected chi connectivity index (χ0v) is 27.4. The van der Waals surface area contributed by atoms with E-state index in [1.165, 1.54) is 44.5 Å². The SMILES string of the molecule is CC(=CC=C1Cc2ccccc2N1c1ccccc1)c1ccc2c(c1)c1ccccc1n2-c1ccc(C(=N)CC(=N)c2ccccc2)cc1. The minimum atomic E-state index is 0.294. The Hall–Kier alpha value is -6.26. The van der Waals surface area contributed by atoms with E-state index in [-0.39, 0.29) is 0 Å². The van der Waals surface area contributed by atoms with Gasteiger partial charge in [0.05, 0.1) is 11.0 Å². The molecule has 0 atom stereocenters. The van der Waals surface area contributed by atoms with Crippen molar-refractivity contribution in [1.29, 1.82) is 10.8 Å². The third-order valence-electron chi connectivity index (χ3n) is 9.51. The van der Waals surface area contributed by atoms with E-state index in [0.717, 1.165) is 34.3 Å². The van der Waals surface area contributed by atoms with E-state index in [2.05, 4.69) is 138 Å². The lowest BCUT2D eigenvalue weighted by Crippen LogP contribution is -2.11. The lowest BCUT2D eigenvalue weighted by atomic mass is 10.00. The molecule has 49 heavy (non-hydrogen) atoms.